The fourth-order valence-electron chi connectivity index (χ4n) is 2.12. The first-order chi connectivity index (χ1) is 10.3. The zero-order chi connectivity index (χ0) is 16.3. The Balaban J connectivity index is 2.16. The van der Waals surface area contributed by atoms with Crippen LogP contribution in [0.1, 0.15) is 49.7 Å². The first-order valence-corrected chi connectivity index (χ1v) is 7.11. The van der Waals surface area contributed by atoms with Crippen molar-refractivity contribution in [2.24, 2.45) is 0 Å². The maximum Gasteiger partial charge on any atom is 0.303 e. The van der Waals surface area contributed by atoms with Crippen LogP contribution < -0.4 is 5.32 Å². The van der Waals surface area contributed by atoms with Crippen LogP contribution in [-0.4, -0.2) is 32.7 Å². The van der Waals surface area contributed by atoms with E-state index in [1.54, 1.807) is 19.9 Å². The summed E-state index contributed by atoms with van der Waals surface area (Å²) in [7, 11) is 0. The van der Waals surface area contributed by atoms with E-state index in [0.717, 1.165) is 11.1 Å². The number of hydrogen-bond donors (Lipinski definition) is 2. The fraction of sp³-hybridized carbons (Fsp3) is 0.467. The number of fused-ring (bicyclic) bond motifs is 1. The number of carboxylic acids is 1. The van der Waals surface area contributed by atoms with Crippen LogP contribution in [0.3, 0.4) is 0 Å². The van der Waals surface area contributed by atoms with Crippen molar-refractivity contribution < 1.29 is 19.2 Å². The van der Waals surface area contributed by atoms with Gasteiger partial charge in [-0.15, -0.1) is 0 Å². The van der Waals surface area contributed by atoms with Crippen molar-refractivity contribution >= 4 is 23.0 Å². The molecule has 0 radical (unpaired) electrons. The molecule has 0 fully saturated rings. The highest BCUT2D eigenvalue weighted by Crippen LogP contribution is 2.19. The van der Waals surface area contributed by atoms with Crippen LogP contribution in [0.2, 0.25) is 0 Å². The molecule has 7 nitrogen and oxygen atoms in total. The summed E-state index contributed by atoms with van der Waals surface area (Å²) >= 11 is 0. The number of nitrogens with one attached hydrogen (secondary N) is 1. The third-order valence-electron chi connectivity index (χ3n) is 3.42. The van der Waals surface area contributed by atoms with Gasteiger partial charge in [-0.3, -0.25) is 9.59 Å². The summed E-state index contributed by atoms with van der Waals surface area (Å²) < 4.78 is 5.08. The summed E-state index contributed by atoms with van der Waals surface area (Å²) in [5, 5.41) is 16.2. The van der Waals surface area contributed by atoms with Gasteiger partial charge in [0.25, 0.3) is 11.6 Å². The normalized spacial score (nSPS) is 11.6. The van der Waals surface area contributed by atoms with Crippen molar-refractivity contribution in [1.29, 1.82) is 0 Å². The molecule has 0 unspecified atom stereocenters. The van der Waals surface area contributed by atoms with E-state index >= 15 is 0 Å². The predicted octanol–water partition coefficient (Wildman–Crippen LogP) is 2.16. The van der Waals surface area contributed by atoms with Crippen molar-refractivity contribution in [1.82, 2.24) is 15.5 Å². The Morgan fingerprint density at radius 3 is 2.77 bits per heavy atom. The molecule has 0 saturated carbocycles. The van der Waals surface area contributed by atoms with Crippen LogP contribution in [-0.2, 0) is 11.2 Å². The fourth-order valence-corrected chi connectivity index (χ4v) is 2.12. The minimum absolute atomic E-state index is 0.00377. The summed E-state index contributed by atoms with van der Waals surface area (Å²) in [5.74, 6) is -1.18. The second-order valence-electron chi connectivity index (χ2n) is 5.79. The van der Waals surface area contributed by atoms with Gasteiger partial charge in [0.15, 0.2) is 0 Å². The Bertz CT molecular complexity index is 706. The van der Waals surface area contributed by atoms with Gasteiger partial charge < -0.3 is 14.9 Å². The quantitative estimate of drug-likeness (QED) is 0.847. The summed E-state index contributed by atoms with van der Waals surface area (Å²) in [4.78, 5) is 27.1. The lowest BCUT2D eigenvalue weighted by Crippen LogP contribution is -2.43. The minimum Gasteiger partial charge on any atom is -0.481 e. The van der Waals surface area contributed by atoms with Crippen molar-refractivity contribution in [3.05, 3.63) is 23.5 Å². The molecule has 0 saturated heterocycles. The van der Waals surface area contributed by atoms with Gasteiger partial charge in [-0.2, -0.15) is 0 Å². The molecule has 2 heterocycles. The van der Waals surface area contributed by atoms with Crippen LogP contribution in [0.25, 0.3) is 11.1 Å². The molecular weight excluding hydrogens is 286 g/mol. The molecular formula is C15H19N3O4. The molecule has 0 aliphatic carbocycles. The summed E-state index contributed by atoms with van der Waals surface area (Å²) in [6.45, 7) is 5.52. The molecule has 22 heavy (non-hydrogen) atoms. The van der Waals surface area contributed by atoms with E-state index in [0.29, 0.717) is 24.1 Å². The number of rotatable bonds is 6. The summed E-state index contributed by atoms with van der Waals surface area (Å²) in [5.41, 5.74) is 0.932. The predicted molar refractivity (Wildman–Crippen MR) is 79.6 cm³/mol. The minimum atomic E-state index is -0.887. The van der Waals surface area contributed by atoms with E-state index in [4.69, 9.17) is 9.63 Å². The zero-order valence-electron chi connectivity index (χ0n) is 12.8. The number of amides is 1. The first-order valence-electron chi connectivity index (χ1n) is 7.11. The third-order valence-corrected chi connectivity index (χ3v) is 3.42. The van der Waals surface area contributed by atoms with Gasteiger partial charge in [-0.1, -0.05) is 12.1 Å². The highest BCUT2D eigenvalue weighted by Gasteiger charge is 2.23. The monoisotopic (exact) mass is 305 g/mol. The van der Waals surface area contributed by atoms with Gasteiger partial charge in [0.05, 0.1) is 16.6 Å². The molecule has 2 aromatic heterocycles. The standard InChI is InChI=1S/C15H19N3O4/c1-4-11-10-7-9(8-16-14(10)22-18-11)13(21)17-15(2,3)6-5-12(19)20/h7-8H,4-6H2,1-3H3,(H,17,21)(H,19,20). The number of aromatic nitrogens is 2. The third kappa shape index (κ3) is 3.60. The number of carbonyl (C=O) groups excluding carboxylic acids is 1. The second-order valence-corrected chi connectivity index (χ2v) is 5.79. The number of hydrogen-bond acceptors (Lipinski definition) is 5. The smallest absolute Gasteiger partial charge is 0.303 e. The van der Waals surface area contributed by atoms with Crippen molar-refractivity contribution in [2.75, 3.05) is 0 Å². The van der Waals surface area contributed by atoms with E-state index in [-0.39, 0.29) is 12.3 Å². The highest BCUT2D eigenvalue weighted by molar-refractivity contribution is 5.97. The molecule has 118 valence electrons. The molecule has 0 aromatic carbocycles. The van der Waals surface area contributed by atoms with Crippen molar-refractivity contribution in [3.8, 4) is 0 Å². The lowest BCUT2D eigenvalue weighted by atomic mass is 9.98. The number of aliphatic carboxylic acids is 1. The molecule has 0 atom stereocenters. The van der Waals surface area contributed by atoms with Gasteiger partial charge in [0, 0.05) is 18.2 Å². The van der Waals surface area contributed by atoms with Crippen LogP contribution in [0.15, 0.2) is 16.8 Å². The van der Waals surface area contributed by atoms with Gasteiger partial charge in [0.2, 0.25) is 0 Å². The maximum atomic E-state index is 12.3. The molecule has 7 heteroatoms. The molecule has 2 rings (SSSR count). The SMILES string of the molecule is CCc1noc2ncc(C(=O)NC(C)(C)CCC(=O)O)cc12. The van der Waals surface area contributed by atoms with Crippen LogP contribution >= 0.6 is 0 Å². The number of aryl methyl sites for hydroxylation is 1. The molecule has 2 N–H and O–H groups in total. The molecule has 2 aromatic rings. The average molecular weight is 305 g/mol. The van der Waals surface area contributed by atoms with Gasteiger partial charge >= 0.3 is 5.97 Å². The van der Waals surface area contributed by atoms with Crippen LogP contribution in [0.4, 0.5) is 0 Å². The topological polar surface area (TPSA) is 105 Å². The summed E-state index contributed by atoms with van der Waals surface area (Å²) in [6, 6.07) is 1.69. The molecule has 0 bridgehead atoms. The Morgan fingerprint density at radius 2 is 2.14 bits per heavy atom. The number of nitrogens with zero attached hydrogens (tertiary/aromatic N) is 2. The van der Waals surface area contributed by atoms with Crippen LogP contribution in [0, 0.1) is 0 Å². The Morgan fingerprint density at radius 1 is 1.41 bits per heavy atom. The maximum absolute atomic E-state index is 12.3. The van der Waals surface area contributed by atoms with E-state index in [1.165, 1.54) is 6.20 Å². The highest BCUT2D eigenvalue weighted by atomic mass is 16.5. The number of carbonyl (C=O) groups is 2. The summed E-state index contributed by atoms with van der Waals surface area (Å²) in [6.07, 6.45) is 2.45. The second kappa shape index (κ2) is 6.13. The number of pyridine rings is 1. The van der Waals surface area contributed by atoms with Gasteiger partial charge in [0.1, 0.15) is 0 Å². The van der Waals surface area contributed by atoms with E-state index < -0.39 is 11.5 Å². The largest absolute Gasteiger partial charge is 0.481 e. The van der Waals surface area contributed by atoms with Crippen LogP contribution in [0.5, 0.6) is 0 Å². The first kappa shape index (κ1) is 15.9. The van der Waals surface area contributed by atoms with E-state index in [1.807, 2.05) is 6.92 Å². The zero-order valence-corrected chi connectivity index (χ0v) is 12.8. The lowest BCUT2D eigenvalue weighted by molar-refractivity contribution is -0.137. The Labute approximate surface area is 127 Å². The average Bonchev–Trinajstić information content (AvgIpc) is 2.87. The van der Waals surface area contributed by atoms with E-state index in [2.05, 4.69) is 15.5 Å². The molecule has 1 amide bonds. The van der Waals surface area contributed by atoms with Crippen molar-refractivity contribution in [2.45, 2.75) is 45.6 Å². The number of carboxylic acid groups (broad SMARTS) is 1. The van der Waals surface area contributed by atoms with E-state index in [9.17, 15) is 9.59 Å². The molecule has 0 spiro atoms. The Hall–Kier alpha value is -2.44. The molecule has 0 aliphatic heterocycles. The lowest BCUT2D eigenvalue weighted by Gasteiger charge is -2.25. The van der Waals surface area contributed by atoms with Gasteiger partial charge in [-0.05, 0) is 32.8 Å². The van der Waals surface area contributed by atoms with Crippen molar-refractivity contribution in [3.63, 3.8) is 0 Å². The molecule has 0 aliphatic rings. The Kier molecular flexibility index (Phi) is 4.44. The van der Waals surface area contributed by atoms with Gasteiger partial charge in [-0.25, -0.2) is 4.98 Å².